The molecule has 2 rings (SSSR count). The van der Waals surface area contributed by atoms with E-state index in [1.54, 1.807) is 10.9 Å². The second-order valence-electron chi connectivity index (χ2n) is 5.00. The lowest BCUT2D eigenvalue weighted by molar-refractivity contribution is -0.129. The summed E-state index contributed by atoms with van der Waals surface area (Å²) in [7, 11) is -2.09. The first-order chi connectivity index (χ1) is 10.6. The molecule has 2 aromatic rings. The molecule has 10 heteroatoms. The van der Waals surface area contributed by atoms with Crippen molar-refractivity contribution in [2.75, 3.05) is 12.3 Å². The summed E-state index contributed by atoms with van der Waals surface area (Å²) in [6, 6.07) is 3.78. The molecule has 0 saturated heterocycles. The summed E-state index contributed by atoms with van der Waals surface area (Å²) in [6.45, 7) is 0.0766. The summed E-state index contributed by atoms with van der Waals surface area (Å²) in [5, 5.41) is 4.08. The molecule has 2 heterocycles. The van der Waals surface area contributed by atoms with Gasteiger partial charge in [-0.3, -0.25) is 4.68 Å². The van der Waals surface area contributed by atoms with Crippen LogP contribution in [0.25, 0.3) is 10.4 Å². The van der Waals surface area contributed by atoms with Crippen molar-refractivity contribution >= 4 is 21.4 Å². The number of aryl methyl sites for hydroxylation is 1. The number of alkyl halides is 3. The van der Waals surface area contributed by atoms with Crippen LogP contribution in [0.3, 0.4) is 0 Å². The number of rotatable bonds is 7. The first-order valence-electron chi connectivity index (χ1n) is 6.76. The second kappa shape index (κ2) is 7.02. The van der Waals surface area contributed by atoms with Crippen LogP contribution in [-0.2, 0) is 23.5 Å². The van der Waals surface area contributed by atoms with Crippen molar-refractivity contribution in [3.05, 3.63) is 29.4 Å². The summed E-state index contributed by atoms with van der Waals surface area (Å²) in [6.07, 6.45) is -1.78. The predicted molar refractivity (Wildman–Crippen MR) is 82.7 cm³/mol. The number of nitrogens with zero attached hydrogens (tertiary/aromatic N) is 2. The number of sulfonamides is 1. The van der Waals surface area contributed by atoms with Gasteiger partial charge in [0.2, 0.25) is 10.0 Å². The SMILES string of the molecule is Cn1cc(-c2ccc(CCNS(=O)(=O)CCC(F)(F)F)s2)cn1. The van der Waals surface area contributed by atoms with Gasteiger partial charge in [0.05, 0.1) is 18.4 Å². The van der Waals surface area contributed by atoms with Gasteiger partial charge in [-0.2, -0.15) is 18.3 Å². The fraction of sp³-hybridized carbons (Fsp3) is 0.462. The molecule has 128 valence electrons. The van der Waals surface area contributed by atoms with Crippen LogP contribution in [0, 0.1) is 0 Å². The Morgan fingerprint density at radius 3 is 2.70 bits per heavy atom. The molecule has 5 nitrogen and oxygen atoms in total. The predicted octanol–water partition coefficient (Wildman–Crippen LogP) is 2.56. The van der Waals surface area contributed by atoms with Crippen LogP contribution in [0.2, 0.25) is 0 Å². The third-order valence-electron chi connectivity index (χ3n) is 3.00. The maximum atomic E-state index is 12.0. The van der Waals surface area contributed by atoms with Crippen molar-refractivity contribution in [2.45, 2.75) is 19.0 Å². The minimum absolute atomic E-state index is 0.0766. The van der Waals surface area contributed by atoms with Gasteiger partial charge in [-0.1, -0.05) is 0 Å². The van der Waals surface area contributed by atoms with E-state index < -0.39 is 28.4 Å². The maximum absolute atomic E-state index is 12.0. The van der Waals surface area contributed by atoms with Gasteiger partial charge >= 0.3 is 6.18 Å². The van der Waals surface area contributed by atoms with Crippen molar-refractivity contribution in [1.82, 2.24) is 14.5 Å². The van der Waals surface area contributed by atoms with Crippen LogP contribution >= 0.6 is 11.3 Å². The number of nitrogens with one attached hydrogen (secondary N) is 1. The molecular weight excluding hydrogens is 351 g/mol. The molecule has 1 N–H and O–H groups in total. The molecule has 0 amide bonds. The summed E-state index contributed by atoms with van der Waals surface area (Å²) >= 11 is 1.50. The van der Waals surface area contributed by atoms with E-state index in [1.807, 2.05) is 25.4 Å². The highest BCUT2D eigenvalue weighted by atomic mass is 32.2. The van der Waals surface area contributed by atoms with Gasteiger partial charge in [0.15, 0.2) is 0 Å². The van der Waals surface area contributed by atoms with Gasteiger partial charge in [-0.15, -0.1) is 11.3 Å². The molecule has 0 aliphatic rings. The summed E-state index contributed by atoms with van der Waals surface area (Å²) in [5.74, 6) is -0.943. The Kier molecular flexibility index (Phi) is 5.48. The molecule has 0 fully saturated rings. The van der Waals surface area contributed by atoms with Crippen molar-refractivity contribution in [1.29, 1.82) is 0 Å². The normalized spacial score (nSPS) is 12.7. The molecule has 0 atom stereocenters. The Morgan fingerprint density at radius 2 is 2.09 bits per heavy atom. The van der Waals surface area contributed by atoms with Crippen LogP contribution in [0.5, 0.6) is 0 Å². The molecule has 0 aromatic carbocycles. The van der Waals surface area contributed by atoms with Crippen LogP contribution in [0.1, 0.15) is 11.3 Å². The Hall–Kier alpha value is -1.39. The van der Waals surface area contributed by atoms with Crippen LogP contribution in [0.4, 0.5) is 13.2 Å². The lowest BCUT2D eigenvalue weighted by Gasteiger charge is -2.08. The van der Waals surface area contributed by atoms with Crippen molar-refractivity contribution in [2.24, 2.45) is 7.05 Å². The zero-order valence-corrected chi connectivity index (χ0v) is 13.9. The standard InChI is InChI=1S/C13H16F3N3O2S2/c1-19-9-10(8-17-19)12-3-2-11(22-12)4-6-18-23(20,21)7-5-13(14,15)16/h2-3,8-9,18H,4-7H2,1H3. The minimum atomic E-state index is -4.47. The smallest absolute Gasteiger partial charge is 0.275 e. The third-order valence-corrected chi connectivity index (χ3v) is 5.58. The van der Waals surface area contributed by atoms with E-state index in [1.165, 1.54) is 11.3 Å². The highest BCUT2D eigenvalue weighted by Gasteiger charge is 2.29. The quantitative estimate of drug-likeness (QED) is 0.818. The fourth-order valence-corrected chi connectivity index (χ4v) is 3.91. The van der Waals surface area contributed by atoms with Gasteiger partial charge in [0, 0.05) is 35.1 Å². The first-order valence-corrected chi connectivity index (χ1v) is 9.23. The number of thiophene rings is 1. The summed E-state index contributed by atoms with van der Waals surface area (Å²) in [4.78, 5) is 1.95. The molecule has 0 spiro atoms. The van der Waals surface area contributed by atoms with E-state index in [0.717, 1.165) is 15.3 Å². The minimum Gasteiger partial charge on any atom is -0.275 e. The van der Waals surface area contributed by atoms with E-state index in [-0.39, 0.29) is 6.54 Å². The monoisotopic (exact) mass is 367 g/mol. The van der Waals surface area contributed by atoms with E-state index in [9.17, 15) is 21.6 Å². The zero-order valence-electron chi connectivity index (χ0n) is 12.3. The van der Waals surface area contributed by atoms with Gasteiger partial charge in [-0.25, -0.2) is 13.1 Å². The molecule has 2 aromatic heterocycles. The molecule has 0 radical (unpaired) electrons. The number of aromatic nitrogens is 2. The Morgan fingerprint density at radius 1 is 1.35 bits per heavy atom. The molecule has 0 aliphatic carbocycles. The summed E-state index contributed by atoms with van der Waals surface area (Å²) < 4.78 is 63.0. The lowest BCUT2D eigenvalue weighted by Crippen LogP contribution is -2.30. The van der Waals surface area contributed by atoms with Crippen molar-refractivity contribution < 1.29 is 21.6 Å². The highest BCUT2D eigenvalue weighted by molar-refractivity contribution is 7.89. The Bertz CT molecular complexity index is 751. The van der Waals surface area contributed by atoms with E-state index in [0.29, 0.717) is 6.42 Å². The molecule has 0 saturated carbocycles. The molecule has 0 aliphatic heterocycles. The number of halogens is 3. The zero-order chi connectivity index (χ0) is 17.1. The second-order valence-corrected chi connectivity index (χ2v) is 8.09. The average molecular weight is 367 g/mol. The van der Waals surface area contributed by atoms with E-state index in [2.05, 4.69) is 9.82 Å². The van der Waals surface area contributed by atoms with Crippen LogP contribution in [0.15, 0.2) is 24.5 Å². The number of hydrogen-bond donors (Lipinski definition) is 1. The molecule has 0 unspecified atom stereocenters. The van der Waals surface area contributed by atoms with Gasteiger partial charge in [0.25, 0.3) is 0 Å². The van der Waals surface area contributed by atoms with E-state index in [4.69, 9.17) is 0 Å². The van der Waals surface area contributed by atoms with Crippen LogP contribution < -0.4 is 4.72 Å². The first kappa shape index (κ1) is 18.0. The maximum Gasteiger partial charge on any atom is 0.390 e. The van der Waals surface area contributed by atoms with Crippen molar-refractivity contribution in [3.8, 4) is 10.4 Å². The van der Waals surface area contributed by atoms with Crippen LogP contribution in [-0.4, -0.2) is 36.7 Å². The molecule has 0 bridgehead atoms. The lowest BCUT2D eigenvalue weighted by atomic mass is 10.3. The Labute approximate surface area is 136 Å². The van der Waals surface area contributed by atoms with E-state index >= 15 is 0 Å². The van der Waals surface area contributed by atoms with Gasteiger partial charge in [0.1, 0.15) is 0 Å². The summed E-state index contributed by atoms with van der Waals surface area (Å²) in [5.41, 5.74) is 0.967. The van der Waals surface area contributed by atoms with Gasteiger partial charge < -0.3 is 0 Å². The molecule has 23 heavy (non-hydrogen) atoms. The van der Waals surface area contributed by atoms with Gasteiger partial charge in [-0.05, 0) is 18.6 Å². The molecular formula is C13H16F3N3O2S2. The average Bonchev–Trinajstić information content (AvgIpc) is 3.05. The number of hydrogen-bond acceptors (Lipinski definition) is 4. The van der Waals surface area contributed by atoms with Crippen molar-refractivity contribution in [3.63, 3.8) is 0 Å². The highest BCUT2D eigenvalue weighted by Crippen LogP contribution is 2.27. The fourth-order valence-electron chi connectivity index (χ4n) is 1.87. The Balaban J connectivity index is 1.84. The third kappa shape index (κ3) is 5.96. The topological polar surface area (TPSA) is 64.0 Å². The largest absolute Gasteiger partial charge is 0.390 e.